The van der Waals surface area contributed by atoms with Crippen molar-refractivity contribution in [3.8, 4) is 11.3 Å². The summed E-state index contributed by atoms with van der Waals surface area (Å²) in [5, 5.41) is 6.14. The first kappa shape index (κ1) is 20.6. The number of carbonyl (C=O) groups excluding carboxylic acids is 1. The zero-order valence-corrected chi connectivity index (χ0v) is 18.1. The van der Waals surface area contributed by atoms with Crippen LogP contribution in [0.25, 0.3) is 17.3 Å². The Morgan fingerprint density at radius 3 is 2.43 bits per heavy atom. The molecule has 28 heavy (non-hydrogen) atoms. The number of nitrogens with one attached hydrogen (secondary N) is 1. The van der Waals surface area contributed by atoms with E-state index in [1.54, 1.807) is 18.2 Å². The molecule has 1 aromatic heterocycles. The van der Waals surface area contributed by atoms with Crippen LogP contribution in [0.15, 0.2) is 53.9 Å². The summed E-state index contributed by atoms with van der Waals surface area (Å²) in [6, 6.07) is 13.5. The molecule has 0 atom stereocenters. The third-order valence-corrected chi connectivity index (χ3v) is 5.65. The molecule has 144 valence electrons. The van der Waals surface area contributed by atoms with Gasteiger partial charge in [-0.2, -0.15) is 0 Å². The van der Waals surface area contributed by atoms with Gasteiger partial charge in [0.05, 0.1) is 15.7 Å². The molecular weight excluding hydrogens is 411 g/mol. The van der Waals surface area contributed by atoms with Gasteiger partial charge in [0.25, 0.3) is 0 Å². The molecule has 0 spiro atoms. The molecule has 3 nitrogen and oxygen atoms in total. The second kappa shape index (κ2) is 8.48. The molecule has 1 N–H and O–H groups in total. The summed E-state index contributed by atoms with van der Waals surface area (Å²) < 4.78 is 0. The van der Waals surface area contributed by atoms with Crippen LogP contribution in [0.2, 0.25) is 10.0 Å². The molecule has 6 heteroatoms. The first-order chi connectivity index (χ1) is 13.2. The van der Waals surface area contributed by atoms with Gasteiger partial charge >= 0.3 is 0 Å². The molecule has 0 radical (unpaired) electrons. The lowest BCUT2D eigenvalue weighted by Gasteiger charge is -2.18. The predicted molar refractivity (Wildman–Crippen MR) is 120 cm³/mol. The summed E-state index contributed by atoms with van der Waals surface area (Å²) in [6.45, 7) is 6.52. The van der Waals surface area contributed by atoms with Crippen molar-refractivity contribution in [3.05, 3.63) is 75.1 Å². The van der Waals surface area contributed by atoms with Gasteiger partial charge in [0.15, 0.2) is 5.13 Å². The van der Waals surface area contributed by atoms with Crippen molar-refractivity contribution in [2.24, 2.45) is 0 Å². The van der Waals surface area contributed by atoms with E-state index in [2.05, 4.69) is 43.2 Å². The highest BCUT2D eigenvalue weighted by Gasteiger charge is 2.12. The Hall–Kier alpha value is -2.14. The second-order valence-corrected chi connectivity index (χ2v) is 9.03. The van der Waals surface area contributed by atoms with Crippen LogP contribution in [0.4, 0.5) is 5.13 Å². The van der Waals surface area contributed by atoms with Crippen molar-refractivity contribution in [1.82, 2.24) is 4.98 Å². The standard InChI is InChI=1S/C22H20Cl2N2OS/c1-22(2,3)16-8-4-14(5-9-16)6-11-20(27)26-21-25-19(13-28-21)15-7-10-17(23)18(24)12-15/h4-13H,1-3H3,(H,25,26,27)/b11-6+. The minimum atomic E-state index is -0.227. The van der Waals surface area contributed by atoms with E-state index in [-0.39, 0.29) is 11.3 Å². The van der Waals surface area contributed by atoms with Crippen LogP contribution in [0, 0.1) is 0 Å². The second-order valence-electron chi connectivity index (χ2n) is 7.36. The fourth-order valence-electron chi connectivity index (χ4n) is 2.53. The van der Waals surface area contributed by atoms with Crippen molar-refractivity contribution in [2.75, 3.05) is 5.32 Å². The lowest BCUT2D eigenvalue weighted by molar-refractivity contribution is -0.111. The number of amides is 1. The van der Waals surface area contributed by atoms with Gasteiger partial charge in [-0.05, 0) is 34.8 Å². The van der Waals surface area contributed by atoms with Gasteiger partial charge < -0.3 is 0 Å². The Morgan fingerprint density at radius 1 is 1.07 bits per heavy atom. The van der Waals surface area contributed by atoms with Gasteiger partial charge in [0, 0.05) is 17.0 Å². The molecule has 3 rings (SSSR count). The van der Waals surface area contributed by atoms with E-state index in [4.69, 9.17) is 23.2 Å². The molecule has 0 aliphatic rings. The highest BCUT2D eigenvalue weighted by Crippen LogP contribution is 2.30. The van der Waals surface area contributed by atoms with Crippen LogP contribution < -0.4 is 5.32 Å². The quantitative estimate of drug-likeness (QED) is 0.449. The van der Waals surface area contributed by atoms with Gasteiger partial charge in [-0.25, -0.2) is 4.98 Å². The van der Waals surface area contributed by atoms with Crippen LogP contribution in [0.1, 0.15) is 31.9 Å². The van der Waals surface area contributed by atoms with Crippen molar-refractivity contribution < 1.29 is 4.79 Å². The molecule has 0 aliphatic carbocycles. The molecule has 3 aromatic rings. The van der Waals surface area contributed by atoms with E-state index >= 15 is 0 Å². The molecule has 0 aliphatic heterocycles. The fourth-order valence-corrected chi connectivity index (χ4v) is 3.55. The zero-order valence-electron chi connectivity index (χ0n) is 15.8. The third kappa shape index (κ3) is 5.22. The van der Waals surface area contributed by atoms with Gasteiger partial charge in [-0.15, -0.1) is 11.3 Å². The number of rotatable bonds is 4. The maximum Gasteiger partial charge on any atom is 0.250 e. The Balaban J connectivity index is 1.64. The molecule has 2 aromatic carbocycles. The summed E-state index contributed by atoms with van der Waals surface area (Å²) in [5.74, 6) is -0.227. The first-order valence-electron chi connectivity index (χ1n) is 8.73. The predicted octanol–water partition coefficient (Wildman–Crippen LogP) is 7.07. The van der Waals surface area contributed by atoms with E-state index in [0.29, 0.717) is 15.2 Å². The Bertz CT molecular complexity index is 1020. The fraction of sp³-hybridized carbons (Fsp3) is 0.182. The lowest BCUT2D eigenvalue weighted by atomic mass is 9.87. The lowest BCUT2D eigenvalue weighted by Crippen LogP contribution is -2.10. The number of hydrogen-bond acceptors (Lipinski definition) is 3. The van der Waals surface area contributed by atoms with Crippen molar-refractivity contribution in [1.29, 1.82) is 0 Å². The SMILES string of the molecule is CC(C)(C)c1ccc(/C=C/C(=O)Nc2nc(-c3ccc(Cl)c(Cl)c3)cs2)cc1. The number of nitrogens with zero attached hydrogens (tertiary/aromatic N) is 1. The molecule has 0 saturated heterocycles. The van der Waals surface area contributed by atoms with E-state index in [1.807, 2.05) is 23.6 Å². The summed E-state index contributed by atoms with van der Waals surface area (Å²) in [4.78, 5) is 16.6. The number of aromatic nitrogens is 1. The van der Waals surface area contributed by atoms with Crippen LogP contribution >= 0.6 is 34.5 Å². The Labute approximate surface area is 179 Å². The average molecular weight is 431 g/mol. The third-order valence-electron chi connectivity index (χ3n) is 4.15. The Morgan fingerprint density at radius 2 is 1.79 bits per heavy atom. The number of benzene rings is 2. The maximum atomic E-state index is 12.2. The summed E-state index contributed by atoms with van der Waals surface area (Å²) in [7, 11) is 0. The highest BCUT2D eigenvalue weighted by molar-refractivity contribution is 7.14. The molecule has 0 fully saturated rings. The molecule has 0 unspecified atom stereocenters. The summed E-state index contributed by atoms with van der Waals surface area (Å²) in [6.07, 6.45) is 3.29. The van der Waals surface area contributed by atoms with Crippen LogP contribution in [0.5, 0.6) is 0 Å². The zero-order chi connectivity index (χ0) is 20.3. The minimum Gasteiger partial charge on any atom is -0.298 e. The van der Waals surface area contributed by atoms with Crippen molar-refractivity contribution in [2.45, 2.75) is 26.2 Å². The van der Waals surface area contributed by atoms with Gasteiger partial charge in [-0.3, -0.25) is 10.1 Å². The maximum absolute atomic E-state index is 12.2. The number of hydrogen-bond donors (Lipinski definition) is 1. The van der Waals surface area contributed by atoms with Gasteiger partial charge in [0.1, 0.15) is 0 Å². The smallest absolute Gasteiger partial charge is 0.250 e. The molecule has 0 saturated carbocycles. The first-order valence-corrected chi connectivity index (χ1v) is 10.4. The highest BCUT2D eigenvalue weighted by atomic mass is 35.5. The number of carbonyl (C=O) groups is 1. The van der Waals surface area contributed by atoms with E-state index < -0.39 is 0 Å². The summed E-state index contributed by atoms with van der Waals surface area (Å²) >= 11 is 13.4. The average Bonchev–Trinajstić information content (AvgIpc) is 3.10. The van der Waals surface area contributed by atoms with Crippen LogP contribution in [-0.2, 0) is 10.2 Å². The molecular formula is C22H20Cl2N2OS. The minimum absolute atomic E-state index is 0.108. The van der Waals surface area contributed by atoms with E-state index in [9.17, 15) is 4.79 Å². The monoisotopic (exact) mass is 430 g/mol. The van der Waals surface area contributed by atoms with Gasteiger partial charge in [-0.1, -0.05) is 74.3 Å². The molecule has 0 bridgehead atoms. The number of anilines is 1. The van der Waals surface area contributed by atoms with Gasteiger partial charge in [0.2, 0.25) is 5.91 Å². The number of halogens is 2. The largest absolute Gasteiger partial charge is 0.298 e. The van der Waals surface area contributed by atoms with Crippen LogP contribution in [-0.4, -0.2) is 10.9 Å². The molecule has 1 heterocycles. The summed E-state index contributed by atoms with van der Waals surface area (Å²) in [5.41, 5.74) is 3.92. The number of thiazole rings is 1. The normalized spacial score (nSPS) is 11.8. The van der Waals surface area contributed by atoms with Crippen molar-refractivity contribution >= 4 is 51.7 Å². The van der Waals surface area contributed by atoms with E-state index in [0.717, 1.165) is 16.8 Å². The topological polar surface area (TPSA) is 42.0 Å². The van der Waals surface area contributed by atoms with Crippen molar-refractivity contribution in [3.63, 3.8) is 0 Å². The van der Waals surface area contributed by atoms with Crippen LogP contribution in [0.3, 0.4) is 0 Å². The van der Waals surface area contributed by atoms with E-state index in [1.165, 1.54) is 23.0 Å². The Kier molecular flexibility index (Phi) is 6.23. The molecule has 1 amide bonds.